The van der Waals surface area contributed by atoms with Crippen LogP contribution in [0.25, 0.3) is 0 Å². The molecule has 1 radical (unpaired) electrons. The van der Waals surface area contributed by atoms with E-state index in [9.17, 15) is 0 Å². The van der Waals surface area contributed by atoms with E-state index in [-0.39, 0.29) is 27.7 Å². The zero-order valence-electron chi connectivity index (χ0n) is 5.84. The number of nitrogens with zero attached hydrogens (tertiary/aromatic N) is 1. The minimum Gasteiger partial charge on any atom is -0.356 e. The van der Waals surface area contributed by atoms with E-state index in [1.165, 1.54) is 0 Å². The van der Waals surface area contributed by atoms with Crippen LogP contribution in [-0.2, 0) is 27.7 Å². The predicted octanol–water partition coefficient (Wildman–Crippen LogP) is 1.45. The van der Waals surface area contributed by atoms with Crippen molar-refractivity contribution in [1.29, 1.82) is 0 Å². The van der Waals surface area contributed by atoms with Crippen LogP contribution in [0.1, 0.15) is 0 Å². The summed E-state index contributed by atoms with van der Waals surface area (Å²) in [7, 11) is 0. The molecule has 11 heavy (non-hydrogen) atoms. The van der Waals surface area contributed by atoms with Crippen molar-refractivity contribution in [2.45, 2.75) is 0 Å². The number of hydrogen-bond acceptors (Lipinski definition) is 3. The van der Waals surface area contributed by atoms with Crippen LogP contribution in [0.3, 0.4) is 0 Å². The summed E-state index contributed by atoms with van der Waals surface area (Å²) >= 11 is 0. The first-order valence-corrected chi connectivity index (χ1v) is 2.55. The predicted molar refractivity (Wildman–Crippen MR) is 36.8 cm³/mol. The van der Waals surface area contributed by atoms with Gasteiger partial charge < -0.3 is 15.3 Å². The van der Waals surface area contributed by atoms with Gasteiger partial charge in [0.05, 0.1) is 5.09 Å². The second-order valence-corrected chi connectivity index (χ2v) is 1.38. The molecule has 0 saturated carbocycles. The smallest absolute Gasteiger partial charge is 0.356 e. The van der Waals surface area contributed by atoms with Gasteiger partial charge in [-0.2, -0.15) is 0 Å². The Bertz CT molecular complexity index is 150. The third-order valence-electron chi connectivity index (χ3n) is 0.667. The van der Waals surface area contributed by atoms with E-state index in [1.54, 1.807) is 0 Å². The van der Waals surface area contributed by atoms with Gasteiger partial charge >= 0.3 is 27.7 Å². The Balaban J connectivity index is 0. The number of rotatable bonds is 0. The molecule has 1 aromatic rings. The Morgan fingerprint density at radius 2 is 0.909 bits per heavy atom. The topological polar surface area (TPSA) is 66.2 Å². The molecule has 0 fully saturated rings. The van der Waals surface area contributed by atoms with Gasteiger partial charge in [0.2, 0.25) is 0 Å². The van der Waals surface area contributed by atoms with Gasteiger partial charge in [0, 0.05) is 0 Å². The average Bonchev–Trinajstić information content (AvgIpc) is 1.90. The summed E-state index contributed by atoms with van der Waals surface area (Å²) in [4.78, 5) is 8.25. The van der Waals surface area contributed by atoms with Crippen LogP contribution in [0.2, 0.25) is 0 Å². The molecule has 0 N–H and O–H groups in total. The van der Waals surface area contributed by atoms with E-state index >= 15 is 0 Å². The first-order chi connectivity index (χ1) is 4.73. The Kier molecular flexibility index (Phi) is 11.0. The number of hydrogen-bond donors (Lipinski definition) is 0. The Hall–Kier alpha value is -0.645. The summed E-state index contributed by atoms with van der Waals surface area (Å²) in [6.07, 6.45) is 0. The molecule has 0 saturated heterocycles. The SMILES string of the molecule is O=[N+]([O-])[O-].[Hg+].c1ccccc1. The summed E-state index contributed by atoms with van der Waals surface area (Å²) in [6, 6.07) is 12.0. The van der Waals surface area contributed by atoms with Crippen molar-refractivity contribution in [3.8, 4) is 0 Å². The summed E-state index contributed by atoms with van der Waals surface area (Å²) in [6.45, 7) is 0. The molecule has 0 unspecified atom stereocenters. The maximum Gasteiger partial charge on any atom is 1.00 e. The molecule has 0 spiro atoms. The minimum absolute atomic E-state index is 0. The third-order valence-corrected chi connectivity index (χ3v) is 0.667. The zero-order chi connectivity index (χ0) is 7.82. The van der Waals surface area contributed by atoms with E-state index < -0.39 is 5.09 Å². The molecule has 0 amide bonds. The second-order valence-electron chi connectivity index (χ2n) is 1.38. The fourth-order valence-corrected chi connectivity index (χ4v) is 0.385. The van der Waals surface area contributed by atoms with Gasteiger partial charge in [-0.15, -0.1) is 0 Å². The van der Waals surface area contributed by atoms with Crippen molar-refractivity contribution in [3.63, 3.8) is 0 Å². The summed E-state index contributed by atoms with van der Waals surface area (Å²) in [5.74, 6) is 0. The molecule has 0 heterocycles. The Morgan fingerprint density at radius 1 is 0.818 bits per heavy atom. The van der Waals surface area contributed by atoms with Gasteiger partial charge in [-0.3, -0.25) is 0 Å². The molecule has 0 aromatic heterocycles. The standard InChI is InChI=1S/C6H6.Hg.NO3/c1-2-4-6-5-3-1;;2-1(3)4/h1-6H;;/q;+1;-1. The normalized spacial score (nSPS) is 6.55. The first kappa shape index (κ1) is 13.0. The molecule has 0 aliphatic rings. The van der Waals surface area contributed by atoms with Gasteiger partial charge in [-0.1, -0.05) is 36.4 Å². The Morgan fingerprint density at radius 3 is 1.00 bits per heavy atom. The molecular weight excluding hydrogens is 335 g/mol. The van der Waals surface area contributed by atoms with Crippen LogP contribution < -0.4 is 0 Å². The number of benzene rings is 1. The van der Waals surface area contributed by atoms with Crippen molar-refractivity contribution in [2.24, 2.45) is 0 Å². The van der Waals surface area contributed by atoms with Crippen molar-refractivity contribution in [1.82, 2.24) is 0 Å². The van der Waals surface area contributed by atoms with Crippen molar-refractivity contribution in [3.05, 3.63) is 51.7 Å². The van der Waals surface area contributed by atoms with Gasteiger partial charge in [-0.25, -0.2) is 0 Å². The van der Waals surface area contributed by atoms with Crippen molar-refractivity contribution in [2.75, 3.05) is 0 Å². The molecule has 1 rings (SSSR count). The van der Waals surface area contributed by atoms with E-state index in [4.69, 9.17) is 15.3 Å². The maximum atomic E-state index is 8.25. The molecule has 0 aliphatic heterocycles. The molecular formula is C6H6HgNO3. The molecule has 4 nitrogen and oxygen atoms in total. The second kappa shape index (κ2) is 9.36. The molecule has 0 bridgehead atoms. The molecule has 1 aromatic carbocycles. The van der Waals surface area contributed by atoms with Crippen LogP contribution in [0.15, 0.2) is 36.4 Å². The van der Waals surface area contributed by atoms with E-state index in [0.717, 1.165) is 0 Å². The van der Waals surface area contributed by atoms with Gasteiger partial charge in [-0.05, 0) is 0 Å². The van der Waals surface area contributed by atoms with E-state index in [1.807, 2.05) is 36.4 Å². The van der Waals surface area contributed by atoms with Crippen molar-refractivity contribution < 1.29 is 32.8 Å². The van der Waals surface area contributed by atoms with Crippen LogP contribution >= 0.6 is 0 Å². The van der Waals surface area contributed by atoms with Crippen LogP contribution in [0.4, 0.5) is 0 Å². The average molecular weight is 341 g/mol. The first-order valence-electron chi connectivity index (χ1n) is 2.55. The Labute approximate surface area is 84.5 Å². The van der Waals surface area contributed by atoms with Gasteiger partial charge in [0.1, 0.15) is 0 Å². The summed E-state index contributed by atoms with van der Waals surface area (Å²) < 4.78 is 0. The van der Waals surface area contributed by atoms with E-state index in [2.05, 4.69) is 0 Å². The largest absolute Gasteiger partial charge is 1.00 e. The molecule has 55 valence electrons. The fourth-order valence-electron chi connectivity index (χ4n) is 0.385. The molecule has 0 atom stereocenters. The van der Waals surface area contributed by atoms with Crippen LogP contribution in [-0.4, -0.2) is 5.09 Å². The van der Waals surface area contributed by atoms with Crippen LogP contribution in [0.5, 0.6) is 0 Å². The monoisotopic (exact) mass is 342 g/mol. The van der Waals surface area contributed by atoms with Crippen LogP contribution in [0, 0.1) is 15.3 Å². The summed E-state index contributed by atoms with van der Waals surface area (Å²) in [5, 5.41) is 14.8. The third kappa shape index (κ3) is 17.6. The zero-order valence-corrected chi connectivity index (χ0v) is 11.3. The van der Waals surface area contributed by atoms with E-state index in [0.29, 0.717) is 0 Å². The van der Waals surface area contributed by atoms with Gasteiger partial charge in [0.15, 0.2) is 0 Å². The quantitative estimate of drug-likeness (QED) is 0.408. The summed E-state index contributed by atoms with van der Waals surface area (Å²) in [5.41, 5.74) is 0. The molecule has 0 aliphatic carbocycles. The van der Waals surface area contributed by atoms with Gasteiger partial charge in [0.25, 0.3) is 0 Å². The van der Waals surface area contributed by atoms with Crippen molar-refractivity contribution >= 4 is 0 Å². The fraction of sp³-hybridized carbons (Fsp3) is 0. The maximum absolute atomic E-state index is 8.25. The minimum atomic E-state index is -1.75. The molecule has 5 heteroatoms.